The van der Waals surface area contributed by atoms with Crippen LogP contribution in [-0.4, -0.2) is 34.8 Å². The van der Waals surface area contributed by atoms with Crippen LogP contribution >= 0.6 is 11.8 Å². The van der Waals surface area contributed by atoms with Crippen molar-refractivity contribution in [3.8, 4) is 0 Å². The van der Waals surface area contributed by atoms with E-state index in [1.54, 1.807) is 31.2 Å². The molecule has 3 aromatic rings. The molecule has 2 amide bonds. The normalized spacial score (nSPS) is 11.2. The van der Waals surface area contributed by atoms with Gasteiger partial charge in [0.05, 0.1) is 16.8 Å². The Hall–Kier alpha value is -3.40. The molecule has 0 unspecified atom stereocenters. The van der Waals surface area contributed by atoms with Gasteiger partial charge in [0.25, 0.3) is 5.91 Å². The molecule has 0 aliphatic carbocycles. The number of alkyl halides is 3. The summed E-state index contributed by atoms with van der Waals surface area (Å²) >= 11 is 1.28. The number of carbonyl (C=O) groups is 2. The Bertz CT molecular complexity index is 1150. The van der Waals surface area contributed by atoms with Crippen molar-refractivity contribution in [3.63, 3.8) is 0 Å². The summed E-state index contributed by atoms with van der Waals surface area (Å²) in [6.07, 6.45) is -3.10. The van der Waals surface area contributed by atoms with E-state index in [0.717, 1.165) is 17.7 Å². The molecule has 5 nitrogen and oxygen atoms in total. The van der Waals surface area contributed by atoms with Crippen molar-refractivity contribution in [3.05, 3.63) is 89.4 Å². The zero-order valence-corrected chi connectivity index (χ0v) is 18.9. The van der Waals surface area contributed by atoms with Crippen LogP contribution in [0.1, 0.15) is 28.4 Å². The Morgan fingerprint density at radius 1 is 1.03 bits per heavy atom. The topological polar surface area (TPSA) is 62.3 Å². The molecule has 3 rings (SSSR count). The molecule has 0 bridgehead atoms. The van der Waals surface area contributed by atoms with Crippen LogP contribution in [0.4, 0.5) is 23.2 Å². The van der Waals surface area contributed by atoms with E-state index in [0.29, 0.717) is 10.8 Å². The Balaban J connectivity index is 1.71. The molecule has 10 heteroatoms. The van der Waals surface area contributed by atoms with Gasteiger partial charge in [-0.1, -0.05) is 24.3 Å². The fourth-order valence-corrected chi connectivity index (χ4v) is 4.04. The molecule has 0 radical (unpaired) electrons. The van der Waals surface area contributed by atoms with Gasteiger partial charge in [-0.05, 0) is 48.9 Å². The largest absolute Gasteiger partial charge is 0.418 e. The average Bonchev–Trinajstić information content (AvgIpc) is 2.81. The van der Waals surface area contributed by atoms with Gasteiger partial charge < -0.3 is 10.2 Å². The van der Waals surface area contributed by atoms with Crippen LogP contribution in [-0.2, 0) is 16.7 Å². The fraction of sp³-hybridized carbons (Fsp3) is 0.208. The van der Waals surface area contributed by atoms with Crippen LogP contribution in [0, 0.1) is 5.82 Å². The van der Waals surface area contributed by atoms with Crippen LogP contribution in [0.25, 0.3) is 0 Å². The van der Waals surface area contributed by atoms with Gasteiger partial charge in [0.1, 0.15) is 17.4 Å². The molecule has 1 N–H and O–H groups in total. The highest BCUT2D eigenvalue weighted by molar-refractivity contribution is 7.98. The Morgan fingerprint density at radius 3 is 2.41 bits per heavy atom. The first-order valence-corrected chi connectivity index (χ1v) is 11.2. The van der Waals surface area contributed by atoms with Gasteiger partial charge in [-0.3, -0.25) is 9.59 Å². The lowest BCUT2D eigenvalue weighted by Crippen LogP contribution is -2.38. The first-order valence-electron chi connectivity index (χ1n) is 10.3. The molecule has 0 saturated carbocycles. The zero-order valence-electron chi connectivity index (χ0n) is 18.1. The number of hydrogen-bond acceptors (Lipinski definition) is 4. The van der Waals surface area contributed by atoms with E-state index >= 15 is 0 Å². The minimum atomic E-state index is -4.63. The second-order valence-electron chi connectivity index (χ2n) is 7.18. The van der Waals surface area contributed by atoms with E-state index in [4.69, 9.17) is 0 Å². The SMILES string of the molecule is CCN(CC(=O)Nc1ccccc1C(F)(F)F)C(=O)c1cccnc1SCc1ccc(F)cc1. The first-order chi connectivity index (χ1) is 16.2. The average molecular weight is 492 g/mol. The van der Waals surface area contributed by atoms with Gasteiger partial charge in [-0.2, -0.15) is 13.2 Å². The van der Waals surface area contributed by atoms with Crippen molar-refractivity contribution in [2.75, 3.05) is 18.4 Å². The minimum absolute atomic E-state index is 0.157. The summed E-state index contributed by atoms with van der Waals surface area (Å²) in [5.74, 6) is -1.14. The van der Waals surface area contributed by atoms with Gasteiger partial charge in [-0.25, -0.2) is 9.37 Å². The zero-order chi connectivity index (χ0) is 24.7. The summed E-state index contributed by atoms with van der Waals surface area (Å²) in [5.41, 5.74) is -0.240. The monoisotopic (exact) mass is 491 g/mol. The molecule has 0 spiro atoms. The van der Waals surface area contributed by atoms with Crippen LogP contribution in [0.15, 0.2) is 71.9 Å². The third-order valence-electron chi connectivity index (χ3n) is 4.80. The Morgan fingerprint density at radius 2 is 1.74 bits per heavy atom. The van der Waals surface area contributed by atoms with Crippen molar-refractivity contribution in [1.29, 1.82) is 0 Å². The lowest BCUT2D eigenvalue weighted by atomic mass is 10.1. The number of rotatable bonds is 8. The molecule has 34 heavy (non-hydrogen) atoms. The number of aromatic nitrogens is 1. The van der Waals surface area contributed by atoms with Crippen LogP contribution in [0.2, 0.25) is 0 Å². The molecule has 1 heterocycles. The summed E-state index contributed by atoms with van der Waals surface area (Å²) in [4.78, 5) is 31.1. The Kier molecular flexibility index (Phi) is 8.27. The van der Waals surface area contributed by atoms with Crippen molar-refractivity contribution in [2.45, 2.75) is 23.9 Å². The summed E-state index contributed by atoms with van der Waals surface area (Å²) in [6.45, 7) is 1.39. The standard InChI is InChI=1S/C24H21F4N3O2S/c1-2-31(14-21(32)30-20-8-4-3-7-19(20)24(26,27)28)23(33)18-6-5-13-29-22(18)34-15-16-9-11-17(25)12-10-16/h3-13H,2,14-15H2,1H3,(H,30,32). The summed E-state index contributed by atoms with van der Waals surface area (Å²) in [7, 11) is 0. The van der Waals surface area contributed by atoms with Crippen LogP contribution in [0.5, 0.6) is 0 Å². The number of anilines is 1. The van der Waals surface area contributed by atoms with Crippen LogP contribution < -0.4 is 5.32 Å². The lowest BCUT2D eigenvalue weighted by molar-refractivity contribution is -0.137. The molecule has 0 aliphatic rings. The van der Waals surface area contributed by atoms with E-state index < -0.39 is 30.1 Å². The van der Waals surface area contributed by atoms with Gasteiger partial charge in [-0.15, -0.1) is 11.8 Å². The highest BCUT2D eigenvalue weighted by Gasteiger charge is 2.33. The maximum atomic E-state index is 13.2. The number of amides is 2. The number of thioether (sulfide) groups is 1. The molecule has 0 atom stereocenters. The van der Waals surface area contributed by atoms with Crippen molar-refractivity contribution in [2.24, 2.45) is 0 Å². The van der Waals surface area contributed by atoms with E-state index in [-0.39, 0.29) is 23.6 Å². The van der Waals surface area contributed by atoms with Crippen LogP contribution in [0.3, 0.4) is 0 Å². The van der Waals surface area contributed by atoms with Gasteiger partial charge in [0, 0.05) is 18.5 Å². The Labute approximate surface area is 198 Å². The number of benzene rings is 2. The quantitative estimate of drug-likeness (QED) is 0.328. The summed E-state index contributed by atoms with van der Waals surface area (Å²) in [5, 5.41) is 2.68. The number of para-hydroxylation sites is 1. The second-order valence-corrected chi connectivity index (χ2v) is 8.15. The third-order valence-corrected chi connectivity index (χ3v) is 5.88. The maximum Gasteiger partial charge on any atom is 0.418 e. The van der Waals surface area contributed by atoms with E-state index in [9.17, 15) is 27.2 Å². The van der Waals surface area contributed by atoms with Crippen molar-refractivity contribution >= 4 is 29.3 Å². The molecule has 1 aromatic heterocycles. The fourth-order valence-electron chi connectivity index (χ4n) is 3.10. The van der Waals surface area contributed by atoms with E-state index in [1.807, 2.05) is 0 Å². The first kappa shape index (κ1) is 25.2. The molecular formula is C24H21F4N3O2S. The molecule has 2 aromatic carbocycles. The second kappa shape index (κ2) is 11.1. The highest BCUT2D eigenvalue weighted by atomic mass is 32.2. The van der Waals surface area contributed by atoms with Gasteiger partial charge in [0.15, 0.2) is 0 Å². The van der Waals surface area contributed by atoms with E-state index in [2.05, 4.69) is 10.3 Å². The summed E-state index contributed by atoms with van der Waals surface area (Å²) in [6, 6.07) is 13.8. The predicted molar refractivity (Wildman–Crippen MR) is 122 cm³/mol. The molecule has 0 aliphatic heterocycles. The highest BCUT2D eigenvalue weighted by Crippen LogP contribution is 2.34. The lowest BCUT2D eigenvalue weighted by Gasteiger charge is -2.22. The number of halogens is 4. The van der Waals surface area contributed by atoms with Crippen molar-refractivity contribution < 1.29 is 27.2 Å². The minimum Gasteiger partial charge on any atom is -0.330 e. The number of likely N-dealkylation sites (N-methyl/N-ethyl adjacent to an activating group) is 1. The number of nitrogens with one attached hydrogen (secondary N) is 1. The molecule has 0 saturated heterocycles. The molecular weight excluding hydrogens is 470 g/mol. The number of pyridine rings is 1. The van der Waals surface area contributed by atoms with Gasteiger partial charge >= 0.3 is 6.18 Å². The number of carbonyl (C=O) groups excluding carboxylic acids is 2. The van der Waals surface area contributed by atoms with Crippen molar-refractivity contribution in [1.82, 2.24) is 9.88 Å². The smallest absolute Gasteiger partial charge is 0.330 e. The molecule has 178 valence electrons. The maximum absolute atomic E-state index is 13.2. The van der Waals surface area contributed by atoms with E-state index in [1.165, 1.54) is 47.1 Å². The summed E-state index contributed by atoms with van der Waals surface area (Å²) < 4.78 is 52.7. The molecule has 0 fully saturated rings. The van der Waals surface area contributed by atoms with Gasteiger partial charge in [0.2, 0.25) is 5.91 Å². The number of nitrogens with zero attached hydrogens (tertiary/aromatic N) is 2. The predicted octanol–water partition coefficient (Wildman–Crippen LogP) is 5.63. The number of hydrogen-bond donors (Lipinski definition) is 1. The third kappa shape index (κ3) is 6.57.